The number of carboxylic acids is 1. The van der Waals surface area contributed by atoms with Crippen molar-refractivity contribution in [1.29, 1.82) is 0 Å². The Morgan fingerprint density at radius 3 is 2.42 bits per heavy atom. The summed E-state index contributed by atoms with van der Waals surface area (Å²) >= 11 is 0. The molecule has 0 aliphatic heterocycles. The molecule has 2 aromatic carbocycles. The van der Waals surface area contributed by atoms with Crippen molar-refractivity contribution in [1.82, 2.24) is 0 Å². The molecule has 0 aliphatic carbocycles. The SMILES string of the molecule is COc1cccc(COC(C)C(=O)Nc2ccc(OC)cc2C(=O)O)c1. The van der Waals surface area contributed by atoms with Crippen LogP contribution in [0.3, 0.4) is 0 Å². The number of aromatic carboxylic acids is 1. The van der Waals surface area contributed by atoms with E-state index in [-0.39, 0.29) is 17.9 Å². The monoisotopic (exact) mass is 359 g/mol. The summed E-state index contributed by atoms with van der Waals surface area (Å²) in [7, 11) is 3.01. The third kappa shape index (κ3) is 4.97. The van der Waals surface area contributed by atoms with Crippen molar-refractivity contribution in [3.63, 3.8) is 0 Å². The maximum atomic E-state index is 12.3. The lowest BCUT2D eigenvalue weighted by molar-refractivity contribution is -0.127. The van der Waals surface area contributed by atoms with Gasteiger partial charge in [-0.2, -0.15) is 0 Å². The van der Waals surface area contributed by atoms with Crippen molar-refractivity contribution in [2.75, 3.05) is 19.5 Å². The van der Waals surface area contributed by atoms with Crippen LogP contribution in [0.1, 0.15) is 22.8 Å². The average Bonchev–Trinajstić information content (AvgIpc) is 2.66. The largest absolute Gasteiger partial charge is 0.497 e. The Morgan fingerprint density at radius 1 is 1.08 bits per heavy atom. The Labute approximate surface area is 151 Å². The molecule has 0 saturated heterocycles. The summed E-state index contributed by atoms with van der Waals surface area (Å²) in [5.74, 6) is -0.514. The van der Waals surface area contributed by atoms with E-state index in [9.17, 15) is 14.7 Å². The molecule has 2 N–H and O–H groups in total. The zero-order valence-corrected chi connectivity index (χ0v) is 14.8. The number of ether oxygens (including phenoxy) is 3. The summed E-state index contributed by atoms with van der Waals surface area (Å²) in [6.45, 7) is 1.82. The van der Waals surface area contributed by atoms with Crippen molar-refractivity contribution in [3.05, 3.63) is 53.6 Å². The van der Waals surface area contributed by atoms with Crippen molar-refractivity contribution >= 4 is 17.6 Å². The van der Waals surface area contributed by atoms with Gasteiger partial charge in [0.1, 0.15) is 17.6 Å². The van der Waals surface area contributed by atoms with E-state index in [1.54, 1.807) is 20.1 Å². The quantitative estimate of drug-likeness (QED) is 0.753. The van der Waals surface area contributed by atoms with Crippen LogP contribution in [-0.4, -0.2) is 37.3 Å². The molecule has 0 spiro atoms. The molecule has 1 amide bonds. The lowest BCUT2D eigenvalue weighted by atomic mass is 10.1. The summed E-state index contributed by atoms with van der Waals surface area (Å²) in [5.41, 5.74) is 0.984. The van der Waals surface area contributed by atoms with Crippen LogP contribution >= 0.6 is 0 Å². The lowest BCUT2D eigenvalue weighted by Gasteiger charge is -2.15. The van der Waals surface area contributed by atoms with E-state index in [0.717, 1.165) is 5.56 Å². The maximum Gasteiger partial charge on any atom is 0.337 e. The van der Waals surface area contributed by atoms with Crippen LogP contribution < -0.4 is 14.8 Å². The molecule has 1 unspecified atom stereocenters. The molecule has 0 bridgehead atoms. The standard InChI is InChI=1S/C19H21NO6/c1-12(26-11-13-5-4-6-14(9-13)24-2)18(21)20-17-8-7-15(25-3)10-16(17)19(22)23/h4-10,12H,11H2,1-3H3,(H,20,21)(H,22,23). The summed E-state index contributed by atoms with van der Waals surface area (Å²) < 4.78 is 15.7. The number of rotatable bonds is 8. The Kier molecular flexibility index (Phi) is 6.57. The molecule has 0 radical (unpaired) electrons. The van der Waals surface area contributed by atoms with Gasteiger partial charge < -0.3 is 24.6 Å². The van der Waals surface area contributed by atoms with Gasteiger partial charge in [-0.25, -0.2) is 4.79 Å². The number of carbonyl (C=O) groups is 2. The van der Waals surface area contributed by atoms with Gasteiger partial charge in [0, 0.05) is 0 Å². The van der Waals surface area contributed by atoms with Crippen LogP contribution in [0.4, 0.5) is 5.69 Å². The van der Waals surface area contributed by atoms with Crippen LogP contribution in [-0.2, 0) is 16.1 Å². The van der Waals surface area contributed by atoms with Crippen molar-refractivity contribution in [3.8, 4) is 11.5 Å². The highest BCUT2D eigenvalue weighted by atomic mass is 16.5. The van der Waals surface area contributed by atoms with E-state index in [0.29, 0.717) is 11.5 Å². The third-order valence-corrected chi connectivity index (χ3v) is 3.72. The summed E-state index contributed by atoms with van der Waals surface area (Å²) in [6, 6.07) is 11.7. The summed E-state index contributed by atoms with van der Waals surface area (Å²) in [6.07, 6.45) is -0.773. The number of methoxy groups -OCH3 is 2. The van der Waals surface area contributed by atoms with Crippen LogP contribution in [0.25, 0.3) is 0 Å². The van der Waals surface area contributed by atoms with Gasteiger partial charge in [-0.1, -0.05) is 12.1 Å². The normalized spacial score (nSPS) is 11.5. The molecular weight excluding hydrogens is 338 g/mol. The number of carboxylic acid groups (broad SMARTS) is 1. The average molecular weight is 359 g/mol. The van der Waals surface area contributed by atoms with Gasteiger partial charge in [0.2, 0.25) is 0 Å². The third-order valence-electron chi connectivity index (χ3n) is 3.72. The van der Waals surface area contributed by atoms with E-state index in [1.807, 2.05) is 24.3 Å². The Bertz CT molecular complexity index is 789. The molecule has 26 heavy (non-hydrogen) atoms. The van der Waals surface area contributed by atoms with Gasteiger partial charge >= 0.3 is 5.97 Å². The predicted molar refractivity (Wildman–Crippen MR) is 95.8 cm³/mol. The van der Waals surface area contributed by atoms with E-state index in [4.69, 9.17) is 14.2 Å². The number of hydrogen-bond donors (Lipinski definition) is 2. The number of benzene rings is 2. The molecule has 1 atom stereocenters. The first-order chi connectivity index (χ1) is 12.4. The molecular formula is C19H21NO6. The second-order valence-electron chi connectivity index (χ2n) is 5.51. The zero-order chi connectivity index (χ0) is 19.1. The zero-order valence-electron chi connectivity index (χ0n) is 14.8. The first-order valence-electron chi connectivity index (χ1n) is 7.91. The van der Waals surface area contributed by atoms with Crippen LogP contribution in [0, 0.1) is 0 Å². The Hall–Kier alpha value is -3.06. The molecule has 0 heterocycles. The van der Waals surface area contributed by atoms with E-state index in [1.165, 1.54) is 19.2 Å². The molecule has 138 valence electrons. The molecule has 0 saturated carbocycles. The van der Waals surface area contributed by atoms with E-state index >= 15 is 0 Å². The second kappa shape index (κ2) is 8.87. The van der Waals surface area contributed by atoms with Crippen LogP contribution in [0.5, 0.6) is 11.5 Å². The molecule has 7 nitrogen and oxygen atoms in total. The maximum absolute atomic E-state index is 12.3. The van der Waals surface area contributed by atoms with Gasteiger partial charge in [0.15, 0.2) is 0 Å². The molecule has 2 aromatic rings. The highest BCUT2D eigenvalue weighted by molar-refractivity contribution is 6.02. The fourth-order valence-electron chi connectivity index (χ4n) is 2.23. The van der Waals surface area contributed by atoms with Crippen molar-refractivity contribution in [2.45, 2.75) is 19.6 Å². The minimum absolute atomic E-state index is 0.0577. The van der Waals surface area contributed by atoms with Gasteiger partial charge in [-0.05, 0) is 42.8 Å². The first kappa shape index (κ1) is 19.3. The minimum atomic E-state index is -1.16. The number of nitrogens with one attached hydrogen (secondary N) is 1. The molecule has 0 aromatic heterocycles. The highest BCUT2D eigenvalue weighted by Gasteiger charge is 2.18. The van der Waals surface area contributed by atoms with Crippen molar-refractivity contribution in [2.24, 2.45) is 0 Å². The number of amides is 1. The summed E-state index contributed by atoms with van der Waals surface area (Å²) in [5, 5.41) is 11.9. The topological polar surface area (TPSA) is 94.1 Å². The fourth-order valence-corrected chi connectivity index (χ4v) is 2.23. The van der Waals surface area contributed by atoms with Gasteiger partial charge in [-0.3, -0.25) is 4.79 Å². The highest BCUT2D eigenvalue weighted by Crippen LogP contribution is 2.22. The van der Waals surface area contributed by atoms with Gasteiger partial charge in [-0.15, -0.1) is 0 Å². The Morgan fingerprint density at radius 2 is 1.77 bits per heavy atom. The van der Waals surface area contributed by atoms with E-state index in [2.05, 4.69) is 5.32 Å². The first-order valence-corrected chi connectivity index (χ1v) is 7.91. The number of hydrogen-bond acceptors (Lipinski definition) is 5. The Balaban J connectivity index is 2.01. The van der Waals surface area contributed by atoms with Gasteiger partial charge in [0.25, 0.3) is 5.91 Å². The van der Waals surface area contributed by atoms with Crippen molar-refractivity contribution < 1.29 is 28.9 Å². The fraction of sp³-hybridized carbons (Fsp3) is 0.263. The van der Waals surface area contributed by atoms with Crippen LogP contribution in [0.15, 0.2) is 42.5 Å². The lowest BCUT2D eigenvalue weighted by Crippen LogP contribution is -2.28. The number of carbonyl (C=O) groups excluding carboxylic acids is 1. The van der Waals surface area contributed by atoms with Gasteiger partial charge in [0.05, 0.1) is 32.1 Å². The predicted octanol–water partition coefficient (Wildman–Crippen LogP) is 2.95. The molecule has 0 fully saturated rings. The molecule has 2 rings (SSSR count). The minimum Gasteiger partial charge on any atom is -0.497 e. The number of anilines is 1. The van der Waals surface area contributed by atoms with Crippen LogP contribution in [0.2, 0.25) is 0 Å². The summed E-state index contributed by atoms with van der Waals surface area (Å²) in [4.78, 5) is 23.7. The smallest absolute Gasteiger partial charge is 0.337 e. The van der Waals surface area contributed by atoms with E-state index < -0.39 is 18.0 Å². The molecule has 7 heteroatoms. The molecule has 0 aliphatic rings. The second-order valence-corrected chi connectivity index (χ2v) is 5.51.